The number of carboxylic acid groups (broad SMARTS) is 1. The first-order valence-corrected chi connectivity index (χ1v) is 8.89. The van der Waals surface area contributed by atoms with Gasteiger partial charge in [0.05, 0.1) is 5.69 Å². The van der Waals surface area contributed by atoms with E-state index in [4.69, 9.17) is 5.11 Å². The highest BCUT2D eigenvalue weighted by Crippen LogP contribution is 2.39. The predicted octanol–water partition coefficient (Wildman–Crippen LogP) is 3.96. The molecule has 3 rings (SSSR count). The van der Waals surface area contributed by atoms with Crippen LogP contribution in [0.5, 0.6) is 0 Å². The number of hydrogen-bond acceptors (Lipinski definition) is 5. The first kappa shape index (κ1) is 14.0. The molecule has 2 aromatic rings. The van der Waals surface area contributed by atoms with Crippen LogP contribution in [0, 0.1) is 6.92 Å². The number of hydrogen-bond donors (Lipinski definition) is 1. The van der Waals surface area contributed by atoms with E-state index in [0.29, 0.717) is 15.8 Å². The monoisotopic (exact) mass is 323 g/mol. The Morgan fingerprint density at radius 2 is 2.30 bits per heavy atom. The molecule has 1 aromatic heterocycles. The number of aromatic nitrogens is 1. The lowest BCUT2D eigenvalue weighted by molar-refractivity contribution is 0.0701. The van der Waals surface area contributed by atoms with E-state index in [2.05, 4.69) is 29.2 Å². The molecule has 1 aromatic carbocycles. The van der Waals surface area contributed by atoms with E-state index in [0.717, 1.165) is 16.5 Å². The number of nitrogens with zero attached hydrogens (tertiary/aromatic N) is 1. The maximum Gasteiger partial charge on any atom is 0.347 e. The van der Waals surface area contributed by atoms with Crippen LogP contribution in [0.3, 0.4) is 0 Å². The van der Waals surface area contributed by atoms with E-state index in [-0.39, 0.29) is 0 Å². The minimum absolute atomic E-state index is 0.356. The third-order valence-corrected chi connectivity index (χ3v) is 7.06. The minimum atomic E-state index is -0.880. The fourth-order valence-electron chi connectivity index (χ4n) is 2.14. The van der Waals surface area contributed by atoms with Crippen molar-refractivity contribution < 1.29 is 9.90 Å². The zero-order chi connectivity index (χ0) is 14.1. The number of aryl methyl sites for hydroxylation is 1. The second kappa shape index (κ2) is 5.79. The van der Waals surface area contributed by atoms with Gasteiger partial charge in [-0.2, -0.15) is 0 Å². The van der Waals surface area contributed by atoms with Crippen LogP contribution in [0.2, 0.25) is 0 Å². The number of rotatable bonds is 4. The highest BCUT2D eigenvalue weighted by molar-refractivity contribution is 8.04. The van der Waals surface area contributed by atoms with Gasteiger partial charge in [-0.25, -0.2) is 9.78 Å². The molecule has 6 heteroatoms. The van der Waals surface area contributed by atoms with Crippen LogP contribution in [0.4, 0.5) is 0 Å². The summed E-state index contributed by atoms with van der Waals surface area (Å²) in [5, 5.41) is 9.58. The van der Waals surface area contributed by atoms with Gasteiger partial charge in [-0.1, -0.05) is 30.0 Å². The molecule has 0 radical (unpaired) electrons. The number of benzene rings is 1. The van der Waals surface area contributed by atoms with Crippen molar-refractivity contribution in [3.05, 3.63) is 40.4 Å². The molecule has 0 saturated heterocycles. The smallest absolute Gasteiger partial charge is 0.347 e. The first-order valence-electron chi connectivity index (χ1n) is 6.21. The molecule has 0 aliphatic carbocycles. The summed E-state index contributed by atoms with van der Waals surface area (Å²) in [6, 6.07) is 8.51. The summed E-state index contributed by atoms with van der Waals surface area (Å²) in [6.07, 6.45) is 1.09. The fraction of sp³-hybridized carbons (Fsp3) is 0.286. The standard InChI is InChI=1S/C14H13NO2S3/c1-8-12(13(16)17)20-14(15-8)18-7-10-6-9-4-2-3-5-11(9)19-10/h2-5,10H,6-7H2,1H3,(H,16,17). The molecule has 0 bridgehead atoms. The van der Waals surface area contributed by atoms with E-state index >= 15 is 0 Å². The van der Waals surface area contributed by atoms with Crippen molar-refractivity contribution in [2.75, 3.05) is 5.75 Å². The van der Waals surface area contributed by atoms with Crippen molar-refractivity contribution in [3.63, 3.8) is 0 Å². The molecule has 20 heavy (non-hydrogen) atoms. The summed E-state index contributed by atoms with van der Waals surface area (Å²) >= 11 is 4.85. The van der Waals surface area contributed by atoms with Crippen LogP contribution in [0.1, 0.15) is 20.9 Å². The van der Waals surface area contributed by atoms with Crippen molar-refractivity contribution in [1.82, 2.24) is 4.98 Å². The van der Waals surface area contributed by atoms with Gasteiger partial charge in [0.15, 0.2) is 4.34 Å². The van der Waals surface area contributed by atoms with Crippen molar-refractivity contribution in [3.8, 4) is 0 Å². The zero-order valence-electron chi connectivity index (χ0n) is 10.8. The Morgan fingerprint density at radius 1 is 1.50 bits per heavy atom. The zero-order valence-corrected chi connectivity index (χ0v) is 13.3. The largest absolute Gasteiger partial charge is 0.477 e. The van der Waals surface area contributed by atoms with Crippen LogP contribution < -0.4 is 0 Å². The van der Waals surface area contributed by atoms with Crippen molar-refractivity contribution in [2.45, 2.75) is 27.8 Å². The van der Waals surface area contributed by atoms with Gasteiger partial charge in [0.25, 0.3) is 0 Å². The highest BCUT2D eigenvalue weighted by Gasteiger charge is 2.23. The van der Waals surface area contributed by atoms with E-state index in [1.807, 2.05) is 11.8 Å². The van der Waals surface area contributed by atoms with E-state index in [9.17, 15) is 4.79 Å². The van der Waals surface area contributed by atoms with Gasteiger partial charge in [-0.05, 0) is 25.0 Å². The van der Waals surface area contributed by atoms with Crippen molar-refractivity contribution in [2.24, 2.45) is 0 Å². The molecule has 104 valence electrons. The summed E-state index contributed by atoms with van der Waals surface area (Å²) < 4.78 is 0.858. The van der Waals surface area contributed by atoms with Crippen LogP contribution in [0.15, 0.2) is 33.5 Å². The average molecular weight is 323 g/mol. The maximum absolute atomic E-state index is 11.0. The molecule has 1 aliphatic rings. The molecule has 0 fully saturated rings. The lowest BCUT2D eigenvalue weighted by Crippen LogP contribution is -2.03. The summed E-state index contributed by atoms with van der Waals surface area (Å²) in [6.45, 7) is 1.75. The van der Waals surface area contributed by atoms with Crippen LogP contribution in [-0.2, 0) is 6.42 Å². The molecule has 0 saturated carbocycles. The SMILES string of the molecule is Cc1nc(SCC2Cc3ccccc3S2)sc1C(=O)O. The van der Waals surface area contributed by atoms with Gasteiger partial charge in [-0.3, -0.25) is 0 Å². The Bertz CT molecular complexity index is 629. The molecule has 1 aliphatic heterocycles. The summed E-state index contributed by atoms with van der Waals surface area (Å²) in [5.41, 5.74) is 2.04. The third kappa shape index (κ3) is 2.87. The Morgan fingerprint density at radius 3 is 3.00 bits per heavy atom. The molecule has 0 spiro atoms. The maximum atomic E-state index is 11.0. The van der Waals surface area contributed by atoms with Gasteiger partial charge in [0.2, 0.25) is 0 Å². The second-order valence-corrected chi connectivity index (χ2v) is 8.17. The molecule has 3 nitrogen and oxygen atoms in total. The predicted molar refractivity (Wildman–Crippen MR) is 84.3 cm³/mol. The number of fused-ring (bicyclic) bond motifs is 1. The van der Waals surface area contributed by atoms with Crippen LogP contribution in [-0.4, -0.2) is 27.1 Å². The molecule has 1 N–H and O–H groups in total. The Kier molecular flexibility index (Phi) is 4.05. The van der Waals surface area contributed by atoms with Crippen LogP contribution in [0.25, 0.3) is 0 Å². The van der Waals surface area contributed by atoms with E-state index < -0.39 is 5.97 Å². The summed E-state index contributed by atoms with van der Waals surface area (Å²) in [5.74, 6) is 0.0836. The summed E-state index contributed by atoms with van der Waals surface area (Å²) in [4.78, 5) is 17.1. The van der Waals surface area contributed by atoms with Crippen LogP contribution >= 0.6 is 34.9 Å². The Labute approximate surface area is 129 Å². The quantitative estimate of drug-likeness (QED) is 0.863. The lowest BCUT2D eigenvalue weighted by atomic mass is 10.1. The molecular weight excluding hydrogens is 310 g/mol. The molecule has 2 heterocycles. The average Bonchev–Trinajstić information content (AvgIpc) is 2.99. The van der Waals surface area contributed by atoms with Crippen molar-refractivity contribution >= 4 is 40.8 Å². The number of carboxylic acids is 1. The molecular formula is C14H13NO2S3. The Balaban J connectivity index is 1.61. The van der Waals surface area contributed by atoms with E-state index in [1.54, 1.807) is 18.7 Å². The number of carbonyl (C=O) groups is 1. The number of thioether (sulfide) groups is 2. The van der Waals surface area contributed by atoms with Gasteiger partial charge < -0.3 is 5.11 Å². The van der Waals surface area contributed by atoms with Gasteiger partial charge >= 0.3 is 5.97 Å². The second-order valence-electron chi connectivity index (χ2n) is 4.56. The number of thiazole rings is 1. The van der Waals surface area contributed by atoms with Gasteiger partial charge in [-0.15, -0.1) is 23.1 Å². The minimum Gasteiger partial charge on any atom is -0.477 e. The molecule has 1 unspecified atom stereocenters. The normalized spacial score (nSPS) is 17.1. The third-order valence-electron chi connectivity index (χ3n) is 3.08. The van der Waals surface area contributed by atoms with E-state index in [1.165, 1.54) is 21.8 Å². The van der Waals surface area contributed by atoms with Gasteiger partial charge in [0.1, 0.15) is 4.88 Å². The number of aromatic carboxylic acids is 1. The molecule has 0 amide bonds. The fourth-order valence-corrected chi connectivity index (χ4v) is 5.68. The summed E-state index contributed by atoms with van der Waals surface area (Å²) in [7, 11) is 0. The van der Waals surface area contributed by atoms with Gasteiger partial charge in [0, 0.05) is 15.9 Å². The Hall–Kier alpha value is -0.980. The topological polar surface area (TPSA) is 50.2 Å². The highest BCUT2D eigenvalue weighted by atomic mass is 32.2. The van der Waals surface area contributed by atoms with Crippen molar-refractivity contribution in [1.29, 1.82) is 0 Å². The first-order chi connectivity index (χ1) is 9.63. The molecule has 1 atom stereocenters. The lowest BCUT2D eigenvalue weighted by Gasteiger charge is -2.05.